The van der Waals surface area contributed by atoms with Crippen molar-refractivity contribution >= 4 is 5.91 Å². The Morgan fingerprint density at radius 1 is 0.970 bits per heavy atom. The standard InChI is InChI=1S/C27H29F2N3O/c28-24-15-21(19-6-2-1-3-7-19)16-25(29)26(24)27(33)32-18-20-8-4-5-9-23(32)14-22(20)17-31-12-10-30-11-13-31/h1-9,15-16,20,22-23,30H,10-14,17-18H2/b8-4+,9-5+/t20?,22-,23?/m1/s1. The van der Waals surface area contributed by atoms with E-state index in [2.05, 4.69) is 16.3 Å². The van der Waals surface area contributed by atoms with Crippen LogP contribution in [0, 0.1) is 23.5 Å². The van der Waals surface area contributed by atoms with E-state index in [9.17, 15) is 4.79 Å². The van der Waals surface area contributed by atoms with Gasteiger partial charge in [0.25, 0.3) is 5.91 Å². The van der Waals surface area contributed by atoms with Crippen molar-refractivity contribution < 1.29 is 13.6 Å². The minimum Gasteiger partial charge on any atom is -0.331 e. The molecule has 2 fully saturated rings. The van der Waals surface area contributed by atoms with E-state index in [0.29, 0.717) is 23.6 Å². The van der Waals surface area contributed by atoms with Gasteiger partial charge >= 0.3 is 0 Å². The molecular formula is C27H29F2N3O. The number of nitrogens with zero attached hydrogens (tertiary/aromatic N) is 2. The zero-order valence-corrected chi connectivity index (χ0v) is 18.6. The van der Waals surface area contributed by atoms with Gasteiger partial charge in [0.2, 0.25) is 0 Å². The Morgan fingerprint density at radius 3 is 2.39 bits per heavy atom. The lowest BCUT2D eigenvalue weighted by atomic mass is 9.79. The molecule has 0 saturated carbocycles. The van der Waals surface area contributed by atoms with Crippen molar-refractivity contribution in [2.75, 3.05) is 39.3 Å². The molecule has 1 N–H and O–H groups in total. The molecule has 33 heavy (non-hydrogen) atoms. The third-order valence-electron chi connectivity index (χ3n) is 7.09. The van der Waals surface area contributed by atoms with Crippen LogP contribution in [0.4, 0.5) is 8.78 Å². The number of rotatable bonds is 4. The highest BCUT2D eigenvalue weighted by Gasteiger charge is 2.39. The van der Waals surface area contributed by atoms with E-state index in [1.54, 1.807) is 17.0 Å². The maximum absolute atomic E-state index is 15.1. The van der Waals surface area contributed by atoms with Gasteiger partial charge in [-0.05, 0) is 41.5 Å². The summed E-state index contributed by atoms with van der Waals surface area (Å²) in [5, 5.41) is 3.38. The van der Waals surface area contributed by atoms with Crippen LogP contribution in [-0.4, -0.2) is 61.0 Å². The average molecular weight is 450 g/mol. The number of carbonyl (C=O) groups is 1. The fourth-order valence-electron chi connectivity index (χ4n) is 5.31. The number of benzene rings is 2. The molecule has 3 heterocycles. The van der Waals surface area contributed by atoms with Gasteiger partial charge in [-0.3, -0.25) is 4.79 Å². The van der Waals surface area contributed by atoms with Crippen LogP contribution in [0.25, 0.3) is 11.1 Å². The summed E-state index contributed by atoms with van der Waals surface area (Å²) >= 11 is 0. The summed E-state index contributed by atoms with van der Waals surface area (Å²) in [5.41, 5.74) is 0.677. The van der Waals surface area contributed by atoms with Crippen molar-refractivity contribution in [3.8, 4) is 11.1 Å². The Morgan fingerprint density at radius 2 is 1.67 bits per heavy atom. The summed E-state index contributed by atoms with van der Waals surface area (Å²) in [5.74, 6) is -1.62. The van der Waals surface area contributed by atoms with Gasteiger partial charge in [0.05, 0.1) is 6.04 Å². The summed E-state index contributed by atoms with van der Waals surface area (Å²) in [6, 6.07) is 11.4. The second kappa shape index (κ2) is 9.57. The lowest BCUT2D eigenvalue weighted by molar-refractivity contribution is 0.0467. The highest BCUT2D eigenvalue weighted by Crippen LogP contribution is 2.34. The van der Waals surface area contributed by atoms with Crippen LogP contribution >= 0.6 is 0 Å². The molecule has 2 aromatic carbocycles. The number of piperazine rings is 1. The van der Waals surface area contributed by atoms with E-state index >= 15 is 8.78 Å². The van der Waals surface area contributed by atoms with Crippen LogP contribution in [0.3, 0.4) is 0 Å². The fourth-order valence-corrected chi connectivity index (χ4v) is 5.31. The minimum absolute atomic E-state index is 0.166. The normalized spacial score (nSPS) is 27.1. The number of piperidine rings is 1. The number of hydrogen-bond acceptors (Lipinski definition) is 3. The predicted molar refractivity (Wildman–Crippen MR) is 126 cm³/mol. The fraction of sp³-hybridized carbons (Fsp3) is 0.370. The van der Waals surface area contributed by atoms with Gasteiger partial charge in [0.1, 0.15) is 17.2 Å². The van der Waals surface area contributed by atoms with Crippen LogP contribution in [0.15, 0.2) is 66.8 Å². The number of hydrogen-bond donors (Lipinski definition) is 1. The summed E-state index contributed by atoms with van der Waals surface area (Å²) in [6.07, 6.45) is 8.92. The number of nitrogens with one attached hydrogen (secondary N) is 1. The van der Waals surface area contributed by atoms with E-state index in [0.717, 1.165) is 39.1 Å². The first-order chi connectivity index (χ1) is 16.1. The van der Waals surface area contributed by atoms with Crippen molar-refractivity contribution in [2.24, 2.45) is 11.8 Å². The van der Waals surface area contributed by atoms with E-state index in [-0.39, 0.29) is 12.0 Å². The van der Waals surface area contributed by atoms with Gasteiger partial charge in [-0.15, -0.1) is 0 Å². The van der Waals surface area contributed by atoms with Gasteiger partial charge in [0.15, 0.2) is 0 Å². The second-order valence-corrected chi connectivity index (χ2v) is 9.19. The smallest absolute Gasteiger partial charge is 0.260 e. The van der Waals surface area contributed by atoms with E-state index < -0.39 is 23.1 Å². The topological polar surface area (TPSA) is 35.6 Å². The molecule has 3 atom stereocenters. The van der Waals surface area contributed by atoms with Crippen LogP contribution in [0.2, 0.25) is 0 Å². The van der Waals surface area contributed by atoms with Crippen molar-refractivity contribution in [3.63, 3.8) is 0 Å². The molecule has 4 aliphatic rings. The maximum atomic E-state index is 15.1. The molecule has 6 heteroatoms. The van der Waals surface area contributed by atoms with E-state index in [1.165, 1.54) is 12.1 Å². The average Bonchev–Trinajstić information content (AvgIpc) is 2.80. The lowest BCUT2D eigenvalue weighted by Gasteiger charge is -2.45. The largest absolute Gasteiger partial charge is 0.331 e. The molecule has 2 unspecified atom stereocenters. The van der Waals surface area contributed by atoms with Crippen molar-refractivity contribution in [2.45, 2.75) is 12.5 Å². The SMILES string of the molecule is O=C(c1c(F)cc(-c2ccccc2)cc1F)N1CC2/C=C/C=C/C1C[C@@H]2CN1CCNCC1. The highest BCUT2D eigenvalue weighted by molar-refractivity contribution is 5.96. The highest BCUT2D eigenvalue weighted by atomic mass is 19.1. The minimum atomic E-state index is -0.811. The quantitative estimate of drug-likeness (QED) is 0.763. The van der Waals surface area contributed by atoms with Gasteiger partial charge in [-0.1, -0.05) is 54.6 Å². The first-order valence-corrected chi connectivity index (χ1v) is 11.7. The molecule has 1 aliphatic carbocycles. The summed E-state index contributed by atoms with van der Waals surface area (Å²) < 4.78 is 30.2. The van der Waals surface area contributed by atoms with Crippen molar-refractivity contribution in [1.29, 1.82) is 0 Å². The van der Waals surface area contributed by atoms with Crippen LogP contribution in [-0.2, 0) is 0 Å². The monoisotopic (exact) mass is 449 g/mol. The molecule has 0 radical (unpaired) electrons. The number of fused-ring (bicyclic) bond motifs is 3. The van der Waals surface area contributed by atoms with Gasteiger partial charge in [-0.2, -0.15) is 0 Å². The number of carbonyl (C=O) groups excluding carboxylic acids is 1. The second-order valence-electron chi connectivity index (χ2n) is 9.19. The third kappa shape index (κ3) is 4.63. The van der Waals surface area contributed by atoms with Crippen LogP contribution in [0.5, 0.6) is 0 Å². The Balaban J connectivity index is 1.38. The van der Waals surface area contributed by atoms with Crippen LogP contribution in [0.1, 0.15) is 16.8 Å². The Labute approximate surface area is 193 Å². The van der Waals surface area contributed by atoms with Crippen molar-refractivity contribution in [3.05, 3.63) is 84.0 Å². The molecule has 4 nitrogen and oxygen atoms in total. The Hall–Kier alpha value is -2.83. The third-order valence-corrected chi connectivity index (χ3v) is 7.09. The Kier molecular flexibility index (Phi) is 6.38. The van der Waals surface area contributed by atoms with Crippen LogP contribution < -0.4 is 5.32 Å². The summed E-state index contributed by atoms with van der Waals surface area (Å²) in [4.78, 5) is 17.5. The first kappa shape index (κ1) is 22.0. The first-order valence-electron chi connectivity index (χ1n) is 11.7. The molecule has 2 bridgehead atoms. The van der Waals surface area contributed by atoms with Gasteiger partial charge < -0.3 is 15.1 Å². The zero-order valence-electron chi connectivity index (χ0n) is 18.6. The molecule has 2 saturated heterocycles. The number of allylic oxidation sites excluding steroid dienone is 2. The Bertz CT molecular complexity index is 1040. The van der Waals surface area contributed by atoms with Crippen molar-refractivity contribution in [1.82, 2.24) is 15.1 Å². The summed E-state index contributed by atoms with van der Waals surface area (Å²) in [7, 11) is 0. The number of halogens is 2. The molecule has 1 amide bonds. The number of amides is 1. The molecule has 6 rings (SSSR count). The molecule has 3 aliphatic heterocycles. The van der Waals surface area contributed by atoms with E-state index in [4.69, 9.17) is 0 Å². The molecular weight excluding hydrogens is 420 g/mol. The zero-order chi connectivity index (χ0) is 22.8. The summed E-state index contributed by atoms with van der Waals surface area (Å²) in [6.45, 7) is 5.51. The van der Waals surface area contributed by atoms with Gasteiger partial charge in [0, 0.05) is 39.3 Å². The molecule has 0 spiro atoms. The molecule has 2 aromatic rings. The lowest BCUT2D eigenvalue weighted by Crippen LogP contribution is -2.53. The van der Waals surface area contributed by atoms with Gasteiger partial charge in [-0.25, -0.2) is 8.78 Å². The maximum Gasteiger partial charge on any atom is 0.260 e. The van der Waals surface area contributed by atoms with E-state index in [1.807, 2.05) is 36.4 Å². The predicted octanol–water partition coefficient (Wildman–Crippen LogP) is 4.11. The molecule has 172 valence electrons. The molecule has 0 aromatic heterocycles.